The minimum Gasteiger partial charge on any atom is -0.439 e. The zero-order chi connectivity index (χ0) is 18.7. The zero-order valence-electron chi connectivity index (χ0n) is 15.6. The van der Waals surface area contributed by atoms with Gasteiger partial charge in [0.15, 0.2) is 0 Å². The molecule has 3 N–H and O–H groups in total. The van der Waals surface area contributed by atoms with Gasteiger partial charge in [0.2, 0.25) is 11.8 Å². The number of benzene rings is 2. The summed E-state index contributed by atoms with van der Waals surface area (Å²) in [5.41, 5.74) is 11.8. The van der Waals surface area contributed by atoms with E-state index in [1.165, 1.54) is 16.7 Å². The quantitative estimate of drug-likeness (QED) is 0.672. The van der Waals surface area contributed by atoms with Crippen LogP contribution in [0.25, 0.3) is 0 Å². The summed E-state index contributed by atoms with van der Waals surface area (Å²) < 4.78 is 5.87. The molecule has 0 saturated heterocycles. The number of hydrogen-bond acceptors (Lipinski definition) is 5. The van der Waals surface area contributed by atoms with E-state index >= 15 is 0 Å². The lowest BCUT2D eigenvalue weighted by Gasteiger charge is -2.12. The van der Waals surface area contributed by atoms with E-state index in [0.717, 1.165) is 23.4 Å². The van der Waals surface area contributed by atoms with Gasteiger partial charge in [-0.25, -0.2) is 0 Å². The lowest BCUT2D eigenvalue weighted by Crippen LogP contribution is -2.02. The summed E-state index contributed by atoms with van der Waals surface area (Å²) in [6.07, 6.45) is 0.981. The first-order valence-electron chi connectivity index (χ1n) is 8.71. The van der Waals surface area contributed by atoms with E-state index in [-0.39, 0.29) is 5.95 Å². The second kappa shape index (κ2) is 7.44. The summed E-state index contributed by atoms with van der Waals surface area (Å²) >= 11 is 0. The molecule has 1 aromatic heterocycles. The van der Waals surface area contributed by atoms with Gasteiger partial charge in [0.1, 0.15) is 11.6 Å². The highest BCUT2D eigenvalue weighted by Gasteiger charge is 2.07. The van der Waals surface area contributed by atoms with Crippen LogP contribution in [0.5, 0.6) is 11.6 Å². The van der Waals surface area contributed by atoms with Gasteiger partial charge in [0.25, 0.3) is 0 Å². The average Bonchev–Trinajstić information content (AvgIpc) is 2.59. The van der Waals surface area contributed by atoms with E-state index in [1.807, 2.05) is 31.2 Å². The van der Waals surface area contributed by atoms with E-state index in [4.69, 9.17) is 10.5 Å². The van der Waals surface area contributed by atoms with Crippen molar-refractivity contribution in [1.82, 2.24) is 9.97 Å². The Bertz CT molecular complexity index is 937. The van der Waals surface area contributed by atoms with E-state index in [0.29, 0.717) is 11.7 Å². The predicted octanol–water partition coefficient (Wildman–Crippen LogP) is 5.08. The maximum atomic E-state index is 5.87. The molecule has 0 unspecified atom stereocenters. The maximum Gasteiger partial charge on any atom is 0.226 e. The summed E-state index contributed by atoms with van der Waals surface area (Å²) in [7, 11) is 0. The van der Waals surface area contributed by atoms with Gasteiger partial charge < -0.3 is 15.8 Å². The van der Waals surface area contributed by atoms with E-state index in [1.54, 1.807) is 6.07 Å². The number of aromatic nitrogens is 2. The van der Waals surface area contributed by atoms with Crippen LogP contribution in [0.1, 0.15) is 29.2 Å². The molecular formula is C21H24N4O. The third kappa shape index (κ3) is 4.11. The molecule has 0 fully saturated rings. The van der Waals surface area contributed by atoms with Crippen molar-refractivity contribution in [2.45, 2.75) is 34.1 Å². The molecule has 3 aromatic rings. The summed E-state index contributed by atoms with van der Waals surface area (Å²) in [5, 5.41) is 3.28. The maximum absolute atomic E-state index is 5.87. The highest BCUT2D eigenvalue weighted by atomic mass is 16.5. The molecule has 0 radical (unpaired) electrons. The van der Waals surface area contributed by atoms with Crippen LogP contribution >= 0.6 is 0 Å². The molecule has 5 heteroatoms. The van der Waals surface area contributed by atoms with Crippen molar-refractivity contribution >= 4 is 17.5 Å². The highest BCUT2D eigenvalue weighted by Crippen LogP contribution is 2.26. The second-order valence-corrected chi connectivity index (χ2v) is 6.42. The van der Waals surface area contributed by atoms with Crippen molar-refractivity contribution < 1.29 is 4.74 Å². The molecule has 0 aliphatic carbocycles. The van der Waals surface area contributed by atoms with Crippen molar-refractivity contribution in [3.8, 4) is 11.6 Å². The minimum absolute atomic E-state index is 0.164. The van der Waals surface area contributed by atoms with Gasteiger partial charge in [0, 0.05) is 11.8 Å². The summed E-state index contributed by atoms with van der Waals surface area (Å²) in [4.78, 5) is 8.43. The number of anilines is 3. The van der Waals surface area contributed by atoms with Gasteiger partial charge in [-0.2, -0.15) is 9.97 Å². The predicted molar refractivity (Wildman–Crippen MR) is 106 cm³/mol. The van der Waals surface area contributed by atoms with E-state index in [2.05, 4.69) is 48.2 Å². The fourth-order valence-corrected chi connectivity index (χ4v) is 2.74. The van der Waals surface area contributed by atoms with Gasteiger partial charge >= 0.3 is 0 Å². The molecule has 0 amide bonds. The van der Waals surface area contributed by atoms with Crippen LogP contribution in [0.3, 0.4) is 0 Å². The van der Waals surface area contributed by atoms with Crippen molar-refractivity contribution in [3.05, 3.63) is 64.7 Å². The Morgan fingerprint density at radius 3 is 2.42 bits per heavy atom. The van der Waals surface area contributed by atoms with Crippen molar-refractivity contribution in [3.63, 3.8) is 0 Å². The lowest BCUT2D eigenvalue weighted by molar-refractivity contribution is 0.462. The molecule has 0 bridgehead atoms. The fraction of sp³-hybridized carbons (Fsp3) is 0.238. The van der Waals surface area contributed by atoms with Crippen LogP contribution < -0.4 is 15.8 Å². The van der Waals surface area contributed by atoms with Crippen molar-refractivity contribution in [2.75, 3.05) is 11.1 Å². The molecule has 1 heterocycles. The minimum atomic E-state index is 0.164. The fourth-order valence-electron chi connectivity index (χ4n) is 2.74. The molecular weight excluding hydrogens is 324 g/mol. The topological polar surface area (TPSA) is 73.1 Å². The van der Waals surface area contributed by atoms with Gasteiger partial charge in [-0.05, 0) is 73.7 Å². The summed E-state index contributed by atoms with van der Waals surface area (Å²) in [6.45, 7) is 8.37. The molecule has 2 aromatic carbocycles. The monoisotopic (exact) mass is 348 g/mol. The molecule has 3 rings (SSSR count). The Kier molecular flexibility index (Phi) is 5.07. The largest absolute Gasteiger partial charge is 0.439 e. The van der Waals surface area contributed by atoms with Crippen molar-refractivity contribution in [2.24, 2.45) is 0 Å². The Morgan fingerprint density at radius 1 is 0.923 bits per heavy atom. The standard InChI is InChI=1S/C21H24N4O/c1-5-16-11-17(8-6-14(16)3)23-19-12-20(25-21(22)24-19)26-18-9-7-13(2)15(4)10-18/h6-12H,5H2,1-4H3,(H3,22,23,24,25). The molecule has 0 aliphatic heterocycles. The van der Waals surface area contributed by atoms with E-state index < -0.39 is 0 Å². The Labute approximate surface area is 154 Å². The van der Waals surface area contributed by atoms with Gasteiger partial charge in [-0.3, -0.25) is 0 Å². The smallest absolute Gasteiger partial charge is 0.226 e. The number of nitrogen functional groups attached to an aromatic ring is 1. The lowest BCUT2D eigenvalue weighted by atomic mass is 10.1. The molecule has 0 aliphatic rings. The first-order valence-corrected chi connectivity index (χ1v) is 8.71. The molecule has 5 nitrogen and oxygen atoms in total. The van der Waals surface area contributed by atoms with Gasteiger partial charge in [-0.1, -0.05) is 19.1 Å². The SMILES string of the molecule is CCc1cc(Nc2cc(Oc3ccc(C)c(C)c3)nc(N)n2)ccc1C. The molecule has 0 atom stereocenters. The second-order valence-electron chi connectivity index (χ2n) is 6.42. The van der Waals surface area contributed by atoms with Crippen LogP contribution in [0.4, 0.5) is 17.5 Å². The van der Waals surface area contributed by atoms with Crippen LogP contribution in [-0.2, 0) is 6.42 Å². The number of nitrogens with two attached hydrogens (primary N) is 1. The normalized spacial score (nSPS) is 10.6. The van der Waals surface area contributed by atoms with Crippen molar-refractivity contribution in [1.29, 1.82) is 0 Å². The number of nitrogens with zero attached hydrogens (tertiary/aromatic N) is 2. The summed E-state index contributed by atoms with van der Waals surface area (Å²) in [5.74, 6) is 1.89. The van der Waals surface area contributed by atoms with Crippen LogP contribution in [-0.4, -0.2) is 9.97 Å². The van der Waals surface area contributed by atoms with Gasteiger partial charge in [-0.15, -0.1) is 0 Å². The molecule has 26 heavy (non-hydrogen) atoms. The third-order valence-electron chi connectivity index (χ3n) is 4.42. The van der Waals surface area contributed by atoms with Crippen LogP contribution in [0, 0.1) is 20.8 Å². The number of hydrogen-bond donors (Lipinski definition) is 2. The molecule has 0 saturated carbocycles. The highest BCUT2D eigenvalue weighted by molar-refractivity contribution is 5.60. The number of ether oxygens (including phenoxy) is 1. The van der Waals surface area contributed by atoms with E-state index in [9.17, 15) is 0 Å². The number of aryl methyl sites for hydroxylation is 4. The van der Waals surface area contributed by atoms with Crippen LogP contribution in [0.2, 0.25) is 0 Å². The third-order valence-corrected chi connectivity index (χ3v) is 4.42. The Balaban J connectivity index is 1.84. The van der Waals surface area contributed by atoms with Gasteiger partial charge in [0.05, 0.1) is 0 Å². The number of rotatable bonds is 5. The molecule has 134 valence electrons. The first-order chi connectivity index (χ1) is 12.4. The molecule has 0 spiro atoms. The summed E-state index contributed by atoms with van der Waals surface area (Å²) in [6, 6.07) is 13.9. The first kappa shape index (κ1) is 17.7. The zero-order valence-corrected chi connectivity index (χ0v) is 15.6. The Morgan fingerprint density at radius 2 is 1.69 bits per heavy atom. The number of nitrogens with one attached hydrogen (secondary N) is 1. The Hall–Kier alpha value is -3.08. The average molecular weight is 348 g/mol. The van der Waals surface area contributed by atoms with Crippen LogP contribution in [0.15, 0.2) is 42.5 Å².